The Bertz CT molecular complexity index is 543. The number of pyridine rings is 1. The molecule has 2 nitrogen and oxygen atoms in total. The summed E-state index contributed by atoms with van der Waals surface area (Å²) >= 11 is 0. The molecule has 0 unspecified atom stereocenters. The Morgan fingerprint density at radius 2 is 1.88 bits per heavy atom. The van der Waals surface area contributed by atoms with E-state index in [1.165, 1.54) is 12.1 Å². The summed E-state index contributed by atoms with van der Waals surface area (Å²) in [6, 6.07) is 5.86. The Hall–Kier alpha value is -1.90. The van der Waals surface area contributed by atoms with Gasteiger partial charge in [0.25, 0.3) is 0 Å². The van der Waals surface area contributed by atoms with E-state index in [0.717, 1.165) is 0 Å². The maximum atomic E-state index is 12.8. The first-order valence-corrected chi connectivity index (χ1v) is 4.97. The maximum absolute atomic E-state index is 12.8. The standard InChI is InChI=1S/C13H11FNO/c1-2-9-7-15-8-12(13(9)16)10-3-5-11(14)6-4-10/h3-8H,1-2H2,(H,15,16). The highest BCUT2D eigenvalue weighted by Crippen LogP contribution is 2.15. The molecule has 3 heteroatoms. The second kappa shape index (κ2) is 4.31. The van der Waals surface area contributed by atoms with Crippen molar-refractivity contribution in [2.24, 2.45) is 0 Å². The van der Waals surface area contributed by atoms with Gasteiger partial charge in [-0.1, -0.05) is 12.1 Å². The average molecular weight is 216 g/mol. The van der Waals surface area contributed by atoms with Crippen LogP contribution in [0.2, 0.25) is 0 Å². The third-order valence-corrected chi connectivity index (χ3v) is 2.45. The van der Waals surface area contributed by atoms with Crippen molar-refractivity contribution in [1.29, 1.82) is 0 Å². The van der Waals surface area contributed by atoms with E-state index in [0.29, 0.717) is 23.1 Å². The predicted octanol–water partition coefficient (Wildman–Crippen LogP) is 2.56. The summed E-state index contributed by atoms with van der Waals surface area (Å²) in [5.41, 5.74) is 1.82. The molecule has 1 heterocycles. The molecule has 1 radical (unpaired) electrons. The van der Waals surface area contributed by atoms with Crippen LogP contribution in [0.1, 0.15) is 5.56 Å². The molecule has 0 aliphatic heterocycles. The number of H-pyrrole nitrogens is 1. The van der Waals surface area contributed by atoms with Crippen LogP contribution >= 0.6 is 0 Å². The van der Waals surface area contributed by atoms with Gasteiger partial charge in [0.1, 0.15) is 5.82 Å². The number of aromatic amines is 1. The summed E-state index contributed by atoms with van der Waals surface area (Å²) in [6.45, 7) is 3.69. The lowest BCUT2D eigenvalue weighted by Crippen LogP contribution is -2.10. The molecule has 0 bridgehead atoms. The van der Waals surface area contributed by atoms with Gasteiger partial charge in [0.15, 0.2) is 5.43 Å². The van der Waals surface area contributed by atoms with E-state index in [9.17, 15) is 9.18 Å². The minimum atomic E-state index is -0.312. The number of rotatable bonds is 2. The van der Waals surface area contributed by atoms with Crippen molar-refractivity contribution in [3.63, 3.8) is 0 Å². The van der Waals surface area contributed by atoms with Gasteiger partial charge in [-0.2, -0.15) is 0 Å². The topological polar surface area (TPSA) is 32.9 Å². The van der Waals surface area contributed by atoms with Crippen LogP contribution in [0.3, 0.4) is 0 Å². The van der Waals surface area contributed by atoms with E-state index in [2.05, 4.69) is 11.9 Å². The third kappa shape index (κ3) is 1.89. The molecule has 0 saturated carbocycles. The quantitative estimate of drug-likeness (QED) is 0.822. The molecule has 2 aromatic rings. The van der Waals surface area contributed by atoms with E-state index in [1.807, 2.05) is 0 Å². The molecule has 2 rings (SSSR count). The fourth-order valence-corrected chi connectivity index (χ4v) is 1.56. The van der Waals surface area contributed by atoms with Gasteiger partial charge in [0.05, 0.1) is 0 Å². The molecule has 81 valence electrons. The lowest BCUT2D eigenvalue weighted by atomic mass is 10.0. The van der Waals surface area contributed by atoms with Crippen LogP contribution in [0.4, 0.5) is 4.39 Å². The molecule has 1 aromatic heterocycles. The zero-order valence-electron chi connectivity index (χ0n) is 8.66. The molecule has 0 aliphatic rings. The molecule has 1 aromatic carbocycles. The van der Waals surface area contributed by atoms with Crippen LogP contribution < -0.4 is 5.43 Å². The van der Waals surface area contributed by atoms with Crippen molar-refractivity contribution < 1.29 is 4.39 Å². The number of benzene rings is 1. The highest BCUT2D eigenvalue weighted by Gasteiger charge is 2.06. The number of nitrogens with one attached hydrogen (secondary N) is 1. The van der Waals surface area contributed by atoms with E-state index in [4.69, 9.17) is 0 Å². The summed E-state index contributed by atoms with van der Waals surface area (Å²) in [7, 11) is 0. The first kappa shape index (κ1) is 10.6. The molecular weight excluding hydrogens is 205 g/mol. The first-order chi connectivity index (χ1) is 7.72. The van der Waals surface area contributed by atoms with Crippen molar-refractivity contribution in [2.75, 3.05) is 0 Å². The number of aromatic nitrogens is 1. The van der Waals surface area contributed by atoms with E-state index < -0.39 is 0 Å². The van der Waals surface area contributed by atoms with E-state index >= 15 is 0 Å². The van der Waals surface area contributed by atoms with Crippen molar-refractivity contribution >= 4 is 0 Å². The third-order valence-electron chi connectivity index (χ3n) is 2.45. The zero-order chi connectivity index (χ0) is 11.5. The summed E-state index contributed by atoms with van der Waals surface area (Å²) in [5.74, 6) is -0.312. The van der Waals surface area contributed by atoms with Crippen molar-refractivity contribution in [1.82, 2.24) is 4.98 Å². The van der Waals surface area contributed by atoms with Crippen LogP contribution in [0.25, 0.3) is 11.1 Å². The minimum Gasteiger partial charge on any atom is -0.367 e. The van der Waals surface area contributed by atoms with E-state index in [-0.39, 0.29) is 11.2 Å². The summed E-state index contributed by atoms with van der Waals surface area (Å²) in [5, 5.41) is 0. The van der Waals surface area contributed by atoms with Crippen LogP contribution in [-0.2, 0) is 6.42 Å². The van der Waals surface area contributed by atoms with Gasteiger partial charge in [-0.25, -0.2) is 4.39 Å². The lowest BCUT2D eigenvalue weighted by Gasteiger charge is -2.02. The number of hydrogen-bond donors (Lipinski definition) is 1. The van der Waals surface area contributed by atoms with Crippen molar-refractivity contribution in [3.05, 3.63) is 65.2 Å². The molecule has 0 aliphatic carbocycles. The normalized spacial score (nSPS) is 10.4. The second-order valence-electron chi connectivity index (χ2n) is 3.48. The zero-order valence-corrected chi connectivity index (χ0v) is 8.66. The monoisotopic (exact) mass is 216 g/mol. The summed E-state index contributed by atoms with van der Waals surface area (Å²) < 4.78 is 12.8. The Balaban J connectivity index is 2.56. The van der Waals surface area contributed by atoms with Gasteiger partial charge in [-0.15, -0.1) is 0 Å². The predicted molar refractivity (Wildman–Crippen MR) is 61.5 cm³/mol. The maximum Gasteiger partial charge on any atom is 0.192 e. The molecule has 0 atom stereocenters. The molecular formula is C13H11FNO. The van der Waals surface area contributed by atoms with Crippen LogP contribution in [0.15, 0.2) is 41.5 Å². The largest absolute Gasteiger partial charge is 0.367 e. The van der Waals surface area contributed by atoms with Crippen LogP contribution in [0, 0.1) is 12.7 Å². The first-order valence-electron chi connectivity index (χ1n) is 4.97. The molecule has 0 spiro atoms. The minimum absolute atomic E-state index is 0.0552. The average Bonchev–Trinajstić information content (AvgIpc) is 2.31. The highest BCUT2D eigenvalue weighted by molar-refractivity contribution is 5.62. The van der Waals surface area contributed by atoms with Gasteiger partial charge >= 0.3 is 0 Å². The van der Waals surface area contributed by atoms with Crippen molar-refractivity contribution in [3.8, 4) is 11.1 Å². The van der Waals surface area contributed by atoms with Gasteiger partial charge in [-0.05, 0) is 31.0 Å². The fraction of sp³-hybridized carbons (Fsp3) is 0.0769. The Labute approximate surface area is 92.8 Å². The molecule has 1 N–H and O–H groups in total. The van der Waals surface area contributed by atoms with Gasteiger partial charge < -0.3 is 4.98 Å². The second-order valence-corrected chi connectivity index (χ2v) is 3.48. The number of hydrogen-bond acceptors (Lipinski definition) is 1. The smallest absolute Gasteiger partial charge is 0.192 e. The SMILES string of the molecule is [CH2]Cc1c[nH]cc(-c2ccc(F)cc2)c1=O. The Morgan fingerprint density at radius 1 is 1.19 bits per heavy atom. The number of halogens is 1. The van der Waals surface area contributed by atoms with Gasteiger partial charge in [-0.3, -0.25) is 4.79 Å². The summed E-state index contributed by atoms with van der Waals surface area (Å²) in [4.78, 5) is 14.8. The molecule has 16 heavy (non-hydrogen) atoms. The van der Waals surface area contributed by atoms with Crippen LogP contribution in [-0.4, -0.2) is 4.98 Å². The van der Waals surface area contributed by atoms with Crippen LogP contribution in [0.5, 0.6) is 0 Å². The Morgan fingerprint density at radius 3 is 2.50 bits per heavy atom. The highest BCUT2D eigenvalue weighted by atomic mass is 19.1. The van der Waals surface area contributed by atoms with Gasteiger partial charge in [0.2, 0.25) is 0 Å². The van der Waals surface area contributed by atoms with E-state index in [1.54, 1.807) is 24.5 Å². The Kier molecular flexibility index (Phi) is 2.86. The lowest BCUT2D eigenvalue weighted by molar-refractivity contribution is 0.628. The fourth-order valence-electron chi connectivity index (χ4n) is 1.56. The molecule has 0 fully saturated rings. The van der Waals surface area contributed by atoms with Gasteiger partial charge in [0, 0.05) is 23.5 Å². The van der Waals surface area contributed by atoms with Crippen molar-refractivity contribution in [2.45, 2.75) is 6.42 Å². The molecule has 0 saturated heterocycles. The summed E-state index contributed by atoms with van der Waals surface area (Å²) in [6.07, 6.45) is 3.70. The molecule has 0 amide bonds.